The number of hydrogen-bond donors (Lipinski definition) is 1. The molecule has 3 heterocycles. The Hall–Kier alpha value is -3.48. The molecule has 0 unspecified atom stereocenters. The molecule has 13 heteroatoms. The number of nitrogens with two attached hydrogens (primary N) is 1. The number of alkyl halides is 5. The van der Waals surface area contributed by atoms with Crippen LogP contribution in [0, 0.1) is 6.92 Å². The van der Waals surface area contributed by atoms with E-state index in [1.54, 1.807) is 6.92 Å². The van der Waals surface area contributed by atoms with Crippen molar-refractivity contribution in [3.63, 3.8) is 0 Å². The molecule has 0 spiro atoms. The number of carbonyl (C=O) groups excluding carboxylic acids is 1. The molecule has 1 aliphatic rings. The van der Waals surface area contributed by atoms with Crippen LogP contribution in [0.5, 0.6) is 0 Å². The molecule has 0 bridgehead atoms. The van der Waals surface area contributed by atoms with Gasteiger partial charge in [-0.15, -0.1) is 0 Å². The summed E-state index contributed by atoms with van der Waals surface area (Å²) in [7, 11) is 0. The van der Waals surface area contributed by atoms with Gasteiger partial charge in [0, 0.05) is 37.1 Å². The summed E-state index contributed by atoms with van der Waals surface area (Å²) in [5.41, 5.74) is 3.69. The van der Waals surface area contributed by atoms with Gasteiger partial charge in [-0.2, -0.15) is 18.2 Å². The summed E-state index contributed by atoms with van der Waals surface area (Å²) in [6.07, 6.45) is -6.68. The van der Waals surface area contributed by atoms with Gasteiger partial charge < -0.3 is 15.2 Å². The molecule has 1 amide bonds. The quantitative estimate of drug-likeness (QED) is 0.368. The van der Waals surface area contributed by atoms with Crippen molar-refractivity contribution < 1.29 is 31.3 Å². The molecule has 0 saturated carbocycles. The lowest BCUT2D eigenvalue weighted by atomic mass is 9.95. The largest absolute Gasteiger partial charge is 0.416 e. The standard InChI is InChI=1S/C23H20F5N5O2S/c1-11-30-21(32-35-11)13-6-8-33(9-7-13)22(34)16-10-15(20(29)36)17(31-18(16)19(24)25)12-2-4-14(5-3-12)23(26,27)28/h2-5,10,13,19H,6-9H2,1H3,(H2,29,36). The second kappa shape index (κ2) is 9.88. The van der Waals surface area contributed by atoms with E-state index in [1.165, 1.54) is 4.90 Å². The van der Waals surface area contributed by atoms with Gasteiger partial charge in [-0.05, 0) is 31.0 Å². The number of halogens is 5. The Morgan fingerprint density at radius 1 is 1.14 bits per heavy atom. The number of likely N-dealkylation sites (tertiary alicyclic amines) is 1. The van der Waals surface area contributed by atoms with Crippen LogP contribution in [0.4, 0.5) is 22.0 Å². The minimum atomic E-state index is -4.57. The van der Waals surface area contributed by atoms with Gasteiger partial charge in [0.05, 0.1) is 16.8 Å². The van der Waals surface area contributed by atoms with Crippen molar-refractivity contribution in [1.82, 2.24) is 20.0 Å². The highest BCUT2D eigenvalue weighted by molar-refractivity contribution is 7.80. The number of carbonyl (C=O) groups is 1. The lowest BCUT2D eigenvalue weighted by molar-refractivity contribution is -0.137. The van der Waals surface area contributed by atoms with E-state index < -0.39 is 29.8 Å². The summed E-state index contributed by atoms with van der Waals surface area (Å²) in [6.45, 7) is 2.20. The van der Waals surface area contributed by atoms with Crippen molar-refractivity contribution in [2.45, 2.75) is 38.3 Å². The third-order valence-electron chi connectivity index (χ3n) is 5.93. The van der Waals surface area contributed by atoms with E-state index >= 15 is 0 Å². The van der Waals surface area contributed by atoms with Gasteiger partial charge in [0.2, 0.25) is 5.89 Å². The molecule has 7 nitrogen and oxygen atoms in total. The first-order valence-corrected chi connectivity index (χ1v) is 11.3. The number of nitrogens with zero attached hydrogens (tertiary/aromatic N) is 4. The number of thiocarbonyl (C=S) groups is 1. The number of pyridine rings is 1. The fourth-order valence-corrected chi connectivity index (χ4v) is 4.24. The molecule has 3 aromatic rings. The Bertz CT molecular complexity index is 1290. The van der Waals surface area contributed by atoms with Gasteiger partial charge in [-0.1, -0.05) is 29.5 Å². The Labute approximate surface area is 207 Å². The Balaban J connectivity index is 1.65. The van der Waals surface area contributed by atoms with Crippen LogP contribution < -0.4 is 5.73 Å². The van der Waals surface area contributed by atoms with Crippen LogP contribution in [-0.4, -0.2) is 44.0 Å². The average Bonchev–Trinajstić information content (AvgIpc) is 3.28. The predicted molar refractivity (Wildman–Crippen MR) is 122 cm³/mol. The van der Waals surface area contributed by atoms with Crippen LogP contribution in [0.2, 0.25) is 0 Å². The number of aromatic nitrogens is 3. The highest BCUT2D eigenvalue weighted by Crippen LogP contribution is 2.34. The van der Waals surface area contributed by atoms with E-state index in [1.807, 2.05) is 0 Å². The summed E-state index contributed by atoms with van der Waals surface area (Å²) >= 11 is 5.04. The van der Waals surface area contributed by atoms with E-state index in [0.717, 1.165) is 30.3 Å². The van der Waals surface area contributed by atoms with Gasteiger partial charge in [-0.25, -0.2) is 13.8 Å². The highest BCUT2D eigenvalue weighted by Gasteiger charge is 2.32. The fraction of sp³-hybridized carbons (Fsp3) is 0.348. The predicted octanol–water partition coefficient (Wildman–Crippen LogP) is 5.05. The second-order valence-electron chi connectivity index (χ2n) is 8.30. The number of benzene rings is 1. The summed E-state index contributed by atoms with van der Waals surface area (Å²) in [5, 5.41) is 3.90. The molecule has 190 valence electrons. The number of rotatable bonds is 5. The normalized spacial score (nSPS) is 14.9. The van der Waals surface area contributed by atoms with Crippen molar-refractivity contribution in [2.75, 3.05) is 13.1 Å². The van der Waals surface area contributed by atoms with Gasteiger partial charge in [0.15, 0.2) is 5.82 Å². The molecule has 0 aliphatic carbocycles. The van der Waals surface area contributed by atoms with Crippen LogP contribution in [0.3, 0.4) is 0 Å². The highest BCUT2D eigenvalue weighted by atomic mass is 32.1. The maximum atomic E-state index is 14.0. The Morgan fingerprint density at radius 2 is 1.78 bits per heavy atom. The monoisotopic (exact) mass is 525 g/mol. The maximum absolute atomic E-state index is 14.0. The van der Waals surface area contributed by atoms with Crippen LogP contribution in [-0.2, 0) is 6.18 Å². The van der Waals surface area contributed by atoms with Crippen molar-refractivity contribution in [3.8, 4) is 11.3 Å². The second-order valence-corrected chi connectivity index (χ2v) is 8.74. The third-order valence-corrected chi connectivity index (χ3v) is 6.15. The van der Waals surface area contributed by atoms with Crippen LogP contribution in [0.15, 0.2) is 34.9 Å². The Morgan fingerprint density at radius 3 is 2.28 bits per heavy atom. The van der Waals surface area contributed by atoms with E-state index in [-0.39, 0.29) is 46.4 Å². The van der Waals surface area contributed by atoms with E-state index in [2.05, 4.69) is 15.1 Å². The van der Waals surface area contributed by atoms with Crippen LogP contribution >= 0.6 is 12.2 Å². The zero-order valence-corrected chi connectivity index (χ0v) is 19.7. The zero-order valence-electron chi connectivity index (χ0n) is 18.9. The van der Waals surface area contributed by atoms with Gasteiger partial charge >= 0.3 is 6.18 Å². The van der Waals surface area contributed by atoms with Crippen molar-refractivity contribution in [1.29, 1.82) is 0 Å². The smallest absolute Gasteiger partial charge is 0.389 e. The van der Waals surface area contributed by atoms with Crippen LogP contribution in [0.1, 0.15) is 64.1 Å². The van der Waals surface area contributed by atoms with Crippen LogP contribution in [0.25, 0.3) is 11.3 Å². The van der Waals surface area contributed by atoms with Gasteiger partial charge in [-0.3, -0.25) is 4.79 Å². The molecule has 1 fully saturated rings. The molecule has 0 atom stereocenters. The van der Waals surface area contributed by atoms with E-state index in [0.29, 0.717) is 24.6 Å². The molecule has 0 radical (unpaired) electrons. The summed E-state index contributed by atoms with van der Waals surface area (Å²) in [5.74, 6) is 0.256. The molecule has 1 aromatic carbocycles. The first-order valence-electron chi connectivity index (χ1n) is 10.9. The molecule has 36 heavy (non-hydrogen) atoms. The molecule has 2 N–H and O–H groups in total. The number of amides is 1. The topological polar surface area (TPSA) is 98.1 Å². The SMILES string of the molecule is Cc1nc(C2CCN(C(=O)c3cc(C(N)=S)c(-c4ccc(C(F)(F)F)cc4)nc3C(F)F)CC2)no1. The molecule has 1 saturated heterocycles. The minimum Gasteiger partial charge on any atom is -0.389 e. The number of piperidine rings is 1. The average molecular weight is 526 g/mol. The first kappa shape index (κ1) is 25.6. The molecular weight excluding hydrogens is 505 g/mol. The van der Waals surface area contributed by atoms with Crippen molar-refractivity contribution in [3.05, 3.63) is 64.4 Å². The summed E-state index contributed by atoms with van der Waals surface area (Å²) in [6, 6.07) is 4.93. The first-order chi connectivity index (χ1) is 17.0. The van der Waals surface area contributed by atoms with Gasteiger partial charge in [0.1, 0.15) is 10.7 Å². The third kappa shape index (κ3) is 5.20. The molecule has 1 aliphatic heterocycles. The molecule has 2 aromatic heterocycles. The number of hydrogen-bond acceptors (Lipinski definition) is 6. The summed E-state index contributed by atoms with van der Waals surface area (Å²) < 4.78 is 71.8. The van der Waals surface area contributed by atoms with Gasteiger partial charge in [0.25, 0.3) is 12.3 Å². The van der Waals surface area contributed by atoms with E-state index in [9.17, 15) is 26.7 Å². The number of aryl methyl sites for hydroxylation is 1. The Kier molecular flexibility index (Phi) is 7.03. The molecular formula is C23H20F5N5O2S. The maximum Gasteiger partial charge on any atom is 0.416 e. The van der Waals surface area contributed by atoms with Crippen molar-refractivity contribution in [2.24, 2.45) is 5.73 Å². The van der Waals surface area contributed by atoms with E-state index in [4.69, 9.17) is 22.5 Å². The summed E-state index contributed by atoms with van der Waals surface area (Å²) in [4.78, 5) is 22.6. The zero-order chi connectivity index (χ0) is 26.2. The van der Waals surface area contributed by atoms with Crippen molar-refractivity contribution >= 4 is 23.1 Å². The lowest BCUT2D eigenvalue weighted by Gasteiger charge is -2.31. The fourth-order valence-electron chi connectivity index (χ4n) is 4.08. The molecule has 4 rings (SSSR count). The minimum absolute atomic E-state index is 0.00895. The lowest BCUT2D eigenvalue weighted by Crippen LogP contribution is -2.39.